The molecule has 2 aromatic rings. The van der Waals surface area contributed by atoms with Crippen molar-refractivity contribution in [2.45, 2.75) is 50.9 Å². The first-order valence-electron chi connectivity index (χ1n) is 14.4. The molecule has 0 aliphatic carbocycles. The molecule has 3 atom stereocenters. The van der Waals surface area contributed by atoms with Crippen molar-refractivity contribution in [3.05, 3.63) is 58.3 Å². The van der Waals surface area contributed by atoms with E-state index in [1.807, 2.05) is 61.9 Å². The summed E-state index contributed by atoms with van der Waals surface area (Å²) < 4.78 is 5.67. The summed E-state index contributed by atoms with van der Waals surface area (Å²) in [5.41, 5.74) is 0.848. The number of hydrogen-bond acceptors (Lipinski definition) is 7. The van der Waals surface area contributed by atoms with Crippen LogP contribution in [0.4, 0.5) is 9.59 Å². The van der Waals surface area contributed by atoms with E-state index in [-0.39, 0.29) is 44.6 Å². The highest BCUT2D eigenvalue weighted by Gasteiger charge is 2.46. The monoisotopic (exact) mass is 599 g/mol. The summed E-state index contributed by atoms with van der Waals surface area (Å²) in [6, 6.07) is 11.4. The first-order valence-corrected chi connectivity index (χ1v) is 15.3. The highest BCUT2D eigenvalue weighted by atomic mass is 32.1. The van der Waals surface area contributed by atoms with E-state index in [0.717, 1.165) is 42.7 Å². The highest BCUT2D eigenvalue weighted by molar-refractivity contribution is 7.09. The Labute approximate surface area is 251 Å². The van der Waals surface area contributed by atoms with Crippen LogP contribution >= 0.6 is 11.3 Å². The van der Waals surface area contributed by atoms with Crippen LogP contribution in [0.1, 0.15) is 36.1 Å². The fourth-order valence-corrected chi connectivity index (χ4v) is 6.35. The van der Waals surface area contributed by atoms with E-state index in [1.165, 1.54) is 26.0 Å². The lowest BCUT2D eigenvalue weighted by Crippen LogP contribution is -2.66. The fraction of sp³-hybridized carbons (Fsp3) is 0.533. The Morgan fingerprint density at radius 3 is 2.52 bits per heavy atom. The van der Waals surface area contributed by atoms with Gasteiger partial charge in [0.15, 0.2) is 0 Å². The van der Waals surface area contributed by atoms with Gasteiger partial charge in [-0.15, -0.1) is 11.3 Å². The fourth-order valence-electron chi connectivity index (χ4n) is 5.71. The van der Waals surface area contributed by atoms with Gasteiger partial charge in [-0.25, -0.2) is 9.59 Å². The molecule has 2 fully saturated rings. The predicted octanol–water partition coefficient (Wildman–Crippen LogP) is 3.31. The van der Waals surface area contributed by atoms with Gasteiger partial charge in [0.1, 0.15) is 18.7 Å². The lowest BCUT2D eigenvalue weighted by atomic mass is 9.84. The van der Waals surface area contributed by atoms with Crippen molar-refractivity contribution in [2.75, 3.05) is 46.8 Å². The zero-order valence-electron chi connectivity index (χ0n) is 24.3. The SMILES string of the molecule is CN(C)CCC[C@H]1CCCN(C(=O)OCc2ccccc2)[C@H]1C(=O)N1CCN(C(=O)O)C[C@H]1C(=O)NCc1cccs1. The van der Waals surface area contributed by atoms with Crippen molar-refractivity contribution >= 4 is 35.3 Å². The minimum absolute atomic E-state index is 0.0655. The number of piperidine rings is 1. The van der Waals surface area contributed by atoms with Crippen LogP contribution in [-0.2, 0) is 27.5 Å². The van der Waals surface area contributed by atoms with Gasteiger partial charge in [0.25, 0.3) is 0 Å². The van der Waals surface area contributed by atoms with Crippen molar-refractivity contribution in [1.82, 2.24) is 24.9 Å². The Bertz CT molecular complexity index is 1190. The maximum atomic E-state index is 14.4. The van der Waals surface area contributed by atoms with E-state index in [2.05, 4.69) is 10.2 Å². The molecular formula is C30H41N5O6S. The van der Waals surface area contributed by atoms with Crippen LogP contribution in [0.5, 0.6) is 0 Å². The van der Waals surface area contributed by atoms with Gasteiger partial charge >= 0.3 is 12.2 Å². The van der Waals surface area contributed by atoms with E-state index in [4.69, 9.17) is 4.74 Å². The molecule has 0 unspecified atom stereocenters. The second kappa shape index (κ2) is 15.0. The van der Waals surface area contributed by atoms with Gasteiger partial charge in [-0.3, -0.25) is 14.5 Å². The number of ether oxygens (including phenoxy) is 1. The summed E-state index contributed by atoms with van der Waals surface area (Å²) in [4.78, 5) is 60.3. The van der Waals surface area contributed by atoms with Gasteiger partial charge in [0, 0.05) is 24.5 Å². The Kier molecular flexibility index (Phi) is 11.2. The molecule has 4 rings (SSSR count). The average Bonchev–Trinajstić information content (AvgIpc) is 3.52. The number of piperazine rings is 1. The first kappa shape index (κ1) is 31.3. The average molecular weight is 600 g/mol. The molecule has 228 valence electrons. The molecule has 0 bridgehead atoms. The number of likely N-dealkylation sites (tertiary alicyclic amines) is 1. The van der Waals surface area contributed by atoms with Gasteiger partial charge in [-0.1, -0.05) is 36.4 Å². The van der Waals surface area contributed by atoms with Crippen molar-refractivity contribution in [3.63, 3.8) is 0 Å². The minimum atomic E-state index is -1.14. The molecule has 0 spiro atoms. The summed E-state index contributed by atoms with van der Waals surface area (Å²) >= 11 is 1.50. The van der Waals surface area contributed by atoms with Gasteiger partial charge < -0.3 is 29.9 Å². The molecular weight excluding hydrogens is 558 g/mol. The van der Waals surface area contributed by atoms with Gasteiger partial charge in [-0.2, -0.15) is 0 Å². The second-order valence-electron chi connectivity index (χ2n) is 11.1. The lowest BCUT2D eigenvalue weighted by Gasteiger charge is -2.45. The van der Waals surface area contributed by atoms with Crippen molar-refractivity contribution in [3.8, 4) is 0 Å². The Hall–Kier alpha value is -3.64. The van der Waals surface area contributed by atoms with Crippen molar-refractivity contribution < 1.29 is 29.0 Å². The molecule has 3 heterocycles. The Morgan fingerprint density at radius 1 is 1.05 bits per heavy atom. The largest absolute Gasteiger partial charge is 0.465 e. The number of hydrogen-bond donors (Lipinski definition) is 2. The molecule has 2 aliphatic heterocycles. The number of amides is 4. The topological polar surface area (TPSA) is 123 Å². The normalized spacial score (nSPS) is 20.8. The van der Waals surface area contributed by atoms with E-state index in [9.17, 15) is 24.3 Å². The third-order valence-corrected chi connectivity index (χ3v) is 8.76. The van der Waals surface area contributed by atoms with Crippen molar-refractivity contribution in [2.24, 2.45) is 5.92 Å². The minimum Gasteiger partial charge on any atom is -0.465 e. The zero-order chi connectivity index (χ0) is 30.1. The molecule has 0 saturated carbocycles. The smallest absolute Gasteiger partial charge is 0.410 e. The van der Waals surface area contributed by atoms with Crippen LogP contribution in [0.15, 0.2) is 47.8 Å². The third-order valence-electron chi connectivity index (χ3n) is 7.88. The number of nitrogens with zero attached hydrogens (tertiary/aromatic N) is 4. The maximum Gasteiger partial charge on any atom is 0.410 e. The number of nitrogens with one attached hydrogen (secondary N) is 1. The number of benzene rings is 1. The summed E-state index contributed by atoms with van der Waals surface area (Å²) in [6.45, 7) is 1.62. The van der Waals surface area contributed by atoms with E-state index >= 15 is 0 Å². The van der Waals surface area contributed by atoms with Gasteiger partial charge in [0.2, 0.25) is 11.8 Å². The molecule has 12 heteroatoms. The van der Waals surface area contributed by atoms with Crippen LogP contribution in [-0.4, -0.2) is 108 Å². The summed E-state index contributed by atoms with van der Waals surface area (Å²) in [7, 11) is 4.00. The lowest BCUT2D eigenvalue weighted by molar-refractivity contribution is -0.150. The summed E-state index contributed by atoms with van der Waals surface area (Å²) in [5, 5.41) is 14.5. The summed E-state index contributed by atoms with van der Waals surface area (Å²) in [6.07, 6.45) is 1.42. The molecule has 0 radical (unpaired) electrons. The number of thiophene rings is 1. The molecule has 42 heavy (non-hydrogen) atoms. The van der Waals surface area contributed by atoms with Crippen LogP contribution < -0.4 is 5.32 Å². The number of rotatable bonds is 10. The molecule has 2 N–H and O–H groups in total. The quantitative estimate of drug-likeness (QED) is 0.430. The zero-order valence-corrected chi connectivity index (χ0v) is 25.1. The van der Waals surface area contributed by atoms with E-state index in [1.54, 1.807) is 0 Å². The molecule has 4 amide bonds. The highest BCUT2D eigenvalue weighted by Crippen LogP contribution is 2.31. The second-order valence-corrected chi connectivity index (χ2v) is 12.1. The third kappa shape index (κ3) is 8.22. The van der Waals surface area contributed by atoms with Gasteiger partial charge in [0.05, 0.1) is 13.1 Å². The standard InChI is InChI=1S/C30H41N5O6S/c1-32(2)14-6-11-23-12-7-15-35(30(40)41-21-22-9-4-3-5-10-22)26(23)28(37)34-17-16-33(29(38)39)20-25(34)27(36)31-19-24-13-8-18-42-24/h3-5,8-10,13,18,23,25-26H,6-7,11-12,14-17,19-21H2,1-2H3,(H,31,36)(H,38,39)/t23-,25-,26+/m0/s1. The van der Waals surface area contributed by atoms with Crippen LogP contribution in [0.2, 0.25) is 0 Å². The van der Waals surface area contributed by atoms with Crippen LogP contribution in [0, 0.1) is 5.92 Å². The van der Waals surface area contributed by atoms with E-state index in [0.29, 0.717) is 6.54 Å². The van der Waals surface area contributed by atoms with Crippen molar-refractivity contribution in [1.29, 1.82) is 0 Å². The van der Waals surface area contributed by atoms with Crippen LogP contribution in [0.3, 0.4) is 0 Å². The molecule has 2 saturated heterocycles. The number of carboxylic acid groups (broad SMARTS) is 1. The maximum absolute atomic E-state index is 14.4. The summed E-state index contributed by atoms with van der Waals surface area (Å²) in [5.74, 6) is -0.855. The number of carbonyl (C=O) groups excluding carboxylic acids is 3. The Balaban J connectivity index is 1.56. The Morgan fingerprint density at radius 2 is 1.83 bits per heavy atom. The predicted molar refractivity (Wildman–Crippen MR) is 159 cm³/mol. The molecule has 1 aromatic heterocycles. The molecule has 1 aromatic carbocycles. The van der Waals surface area contributed by atoms with Gasteiger partial charge in [-0.05, 0) is 69.3 Å². The number of carbonyl (C=O) groups is 4. The van der Waals surface area contributed by atoms with Crippen LogP contribution in [0.25, 0.3) is 0 Å². The molecule has 2 aliphatic rings. The first-order chi connectivity index (χ1) is 20.2. The molecule has 11 nitrogen and oxygen atoms in total. The van der Waals surface area contributed by atoms with E-state index < -0.39 is 30.2 Å².